The van der Waals surface area contributed by atoms with Gasteiger partial charge in [-0.25, -0.2) is 0 Å². The second kappa shape index (κ2) is 8.44. The Balaban J connectivity index is 1.61. The monoisotopic (exact) mass is 317 g/mol. The fourth-order valence-electron chi connectivity index (χ4n) is 2.04. The molecule has 0 atom stereocenters. The molecule has 0 aliphatic rings. The van der Waals surface area contributed by atoms with Gasteiger partial charge in [0.2, 0.25) is 0 Å². The first kappa shape index (κ1) is 16.4. The van der Waals surface area contributed by atoms with Gasteiger partial charge in [0, 0.05) is 17.1 Å². The smallest absolute Gasteiger partial charge is 0.251 e. The molecule has 2 rings (SSSR count). The van der Waals surface area contributed by atoms with Gasteiger partial charge in [-0.3, -0.25) is 4.79 Å². The van der Waals surface area contributed by atoms with Crippen molar-refractivity contribution < 1.29 is 9.53 Å². The summed E-state index contributed by atoms with van der Waals surface area (Å²) in [6.07, 6.45) is 1.77. The average Bonchev–Trinajstić information content (AvgIpc) is 2.52. The van der Waals surface area contributed by atoms with Crippen molar-refractivity contribution in [2.45, 2.75) is 19.8 Å². The van der Waals surface area contributed by atoms with E-state index < -0.39 is 0 Å². The predicted molar refractivity (Wildman–Crippen MR) is 89.7 cm³/mol. The standard InChI is InChI=1S/C18H20ClNO2/c1-14-5-4-6-15(13-14)18(21)20-11-2-3-12-22-17-9-7-16(19)8-10-17/h4-10,13H,2-3,11-12H2,1H3,(H,20,21). The van der Waals surface area contributed by atoms with Gasteiger partial charge in [-0.15, -0.1) is 0 Å². The zero-order valence-corrected chi connectivity index (χ0v) is 13.4. The number of carbonyl (C=O) groups excluding carboxylic acids is 1. The molecular weight excluding hydrogens is 298 g/mol. The molecule has 0 aliphatic heterocycles. The van der Waals surface area contributed by atoms with E-state index in [1.54, 1.807) is 12.1 Å². The molecule has 3 nitrogen and oxygen atoms in total. The first-order valence-corrected chi connectivity index (χ1v) is 7.76. The van der Waals surface area contributed by atoms with E-state index in [9.17, 15) is 4.79 Å². The summed E-state index contributed by atoms with van der Waals surface area (Å²) in [6.45, 7) is 3.25. The van der Waals surface area contributed by atoms with Crippen LogP contribution < -0.4 is 10.1 Å². The van der Waals surface area contributed by atoms with Crippen LogP contribution in [0.2, 0.25) is 5.02 Å². The summed E-state index contributed by atoms with van der Waals surface area (Å²) in [4.78, 5) is 11.9. The van der Waals surface area contributed by atoms with Gasteiger partial charge in [0.15, 0.2) is 0 Å². The molecule has 0 spiro atoms. The second-order valence-electron chi connectivity index (χ2n) is 5.13. The van der Waals surface area contributed by atoms with Crippen LogP contribution in [0.15, 0.2) is 48.5 Å². The molecule has 22 heavy (non-hydrogen) atoms. The summed E-state index contributed by atoms with van der Waals surface area (Å²) in [5.41, 5.74) is 1.79. The Morgan fingerprint density at radius 2 is 1.91 bits per heavy atom. The number of amides is 1. The SMILES string of the molecule is Cc1cccc(C(=O)NCCCCOc2ccc(Cl)cc2)c1. The number of ether oxygens (including phenoxy) is 1. The maximum absolute atomic E-state index is 11.9. The summed E-state index contributed by atoms with van der Waals surface area (Å²) in [5.74, 6) is 0.788. The van der Waals surface area contributed by atoms with E-state index in [4.69, 9.17) is 16.3 Å². The quantitative estimate of drug-likeness (QED) is 0.776. The molecule has 0 radical (unpaired) electrons. The van der Waals surface area contributed by atoms with Crippen LogP contribution in [0.5, 0.6) is 5.75 Å². The van der Waals surface area contributed by atoms with Crippen LogP contribution in [0.3, 0.4) is 0 Å². The van der Waals surface area contributed by atoms with Gasteiger partial charge in [0.05, 0.1) is 6.61 Å². The highest BCUT2D eigenvalue weighted by atomic mass is 35.5. The molecule has 0 aliphatic carbocycles. The van der Waals surface area contributed by atoms with Gasteiger partial charge in [-0.1, -0.05) is 29.3 Å². The number of benzene rings is 2. The van der Waals surface area contributed by atoms with Gasteiger partial charge < -0.3 is 10.1 Å². The van der Waals surface area contributed by atoms with Gasteiger partial charge in [-0.05, 0) is 56.2 Å². The molecule has 0 saturated heterocycles. The lowest BCUT2D eigenvalue weighted by molar-refractivity contribution is 0.0952. The van der Waals surface area contributed by atoms with Crippen molar-refractivity contribution in [2.75, 3.05) is 13.2 Å². The molecule has 0 bridgehead atoms. The van der Waals surface area contributed by atoms with E-state index in [2.05, 4.69) is 5.32 Å². The molecule has 1 N–H and O–H groups in total. The number of carbonyl (C=O) groups is 1. The Kier molecular flexibility index (Phi) is 6.28. The average molecular weight is 318 g/mol. The highest BCUT2D eigenvalue weighted by Crippen LogP contribution is 2.15. The molecular formula is C18H20ClNO2. The van der Waals surface area contributed by atoms with Crippen LogP contribution in [0.25, 0.3) is 0 Å². The van der Waals surface area contributed by atoms with E-state index in [0.717, 1.165) is 24.2 Å². The highest BCUT2D eigenvalue weighted by Gasteiger charge is 2.04. The first-order chi connectivity index (χ1) is 10.6. The summed E-state index contributed by atoms with van der Waals surface area (Å²) >= 11 is 5.81. The highest BCUT2D eigenvalue weighted by molar-refractivity contribution is 6.30. The summed E-state index contributed by atoms with van der Waals surface area (Å²) < 4.78 is 5.60. The number of hydrogen-bond donors (Lipinski definition) is 1. The maximum atomic E-state index is 11.9. The van der Waals surface area contributed by atoms with Crippen LogP contribution in [-0.4, -0.2) is 19.1 Å². The minimum absolute atomic E-state index is 0.0256. The lowest BCUT2D eigenvalue weighted by atomic mass is 10.1. The Bertz CT molecular complexity index is 611. The Labute approximate surface area is 136 Å². The normalized spacial score (nSPS) is 10.3. The third kappa shape index (κ3) is 5.41. The molecule has 0 fully saturated rings. The third-order valence-corrected chi connectivity index (χ3v) is 3.47. The Hall–Kier alpha value is -2.00. The van der Waals surface area contributed by atoms with Crippen molar-refractivity contribution in [2.24, 2.45) is 0 Å². The zero-order valence-electron chi connectivity index (χ0n) is 12.6. The lowest BCUT2D eigenvalue weighted by Crippen LogP contribution is -2.24. The van der Waals surface area contributed by atoms with E-state index >= 15 is 0 Å². The van der Waals surface area contributed by atoms with Crippen molar-refractivity contribution in [3.05, 3.63) is 64.7 Å². The summed E-state index contributed by atoms with van der Waals surface area (Å²) in [5, 5.41) is 3.62. The fraction of sp³-hybridized carbons (Fsp3) is 0.278. The number of nitrogens with one attached hydrogen (secondary N) is 1. The van der Waals surface area contributed by atoms with Crippen molar-refractivity contribution in [1.82, 2.24) is 5.32 Å². The Morgan fingerprint density at radius 3 is 2.64 bits per heavy atom. The van der Waals surface area contributed by atoms with E-state index in [-0.39, 0.29) is 5.91 Å². The lowest BCUT2D eigenvalue weighted by Gasteiger charge is -2.07. The van der Waals surface area contributed by atoms with E-state index in [1.165, 1.54) is 0 Å². The van der Waals surface area contributed by atoms with Crippen molar-refractivity contribution in [3.63, 3.8) is 0 Å². The molecule has 1 amide bonds. The zero-order chi connectivity index (χ0) is 15.8. The van der Waals surface area contributed by atoms with E-state index in [1.807, 2.05) is 43.3 Å². The van der Waals surface area contributed by atoms with E-state index in [0.29, 0.717) is 23.7 Å². The van der Waals surface area contributed by atoms with Gasteiger partial charge >= 0.3 is 0 Å². The Morgan fingerprint density at radius 1 is 1.14 bits per heavy atom. The number of halogens is 1. The largest absolute Gasteiger partial charge is 0.494 e. The van der Waals surface area contributed by atoms with Gasteiger partial charge in [0.25, 0.3) is 5.91 Å². The van der Waals surface area contributed by atoms with Crippen LogP contribution in [-0.2, 0) is 0 Å². The fourth-order valence-corrected chi connectivity index (χ4v) is 2.16. The minimum Gasteiger partial charge on any atom is -0.494 e. The van der Waals surface area contributed by atoms with Crippen molar-refractivity contribution in [3.8, 4) is 5.75 Å². The number of hydrogen-bond acceptors (Lipinski definition) is 2. The van der Waals surface area contributed by atoms with Gasteiger partial charge in [-0.2, -0.15) is 0 Å². The van der Waals surface area contributed by atoms with Gasteiger partial charge in [0.1, 0.15) is 5.75 Å². The molecule has 0 heterocycles. The van der Waals surface area contributed by atoms with Crippen LogP contribution in [0.4, 0.5) is 0 Å². The number of rotatable bonds is 7. The first-order valence-electron chi connectivity index (χ1n) is 7.38. The second-order valence-corrected chi connectivity index (χ2v) is 5.57. The molecule has 2 aromatic rings. The van der Waals surface area contributed by atoms with Crippen LogP contribution in [0, 0.1) is 6.92 Å². The molecule has 0 unspecified atom stereocenters. The maximum Gasteiger partial charge on any atom is 0.251 e. The molecule has 0 aromatic heterocycles. The summed E-state index contributed by atoms with van der Waals surface area (Å²) in [6, 6.07) is 14.9. The van der Waals surface area contributed by atoms with Crippen molar-refractivity contribution in [1.29, 1.82) is 0 Å². The molecule has 2 aromatic carbocycles. The number of aryl methyl sites for hydroxylation is 1. The van der Waals surface area contributed by atoms with Crippen LogP contribution >= 0.6 is 11.6 Å². The third-order valence-electron chi connectivity index (χ3n) is 3.22. The summed E-state index contributed by atoms with van der Waals surface area (Å²) in [7, 11) is 0. The number of unbranched alkanes of at least 4 members (excludes halogenated alkanes) is 1. The molecule has 0 saturated carbocycles. The molecule has 116 valence electrons. The predicted octanol–water partition coefficient (Wildman–Crippen LogP) is 4.24. The molecule has 4 heteroatoms. The van der Waals surface area contributed by atoms with Crippen LogP contribution in [0.1, 0.15) is 28.8 Å². The minimum atomic E-state index is -0.0256. The topological polar surface area (TPSA) is 38.3 Å². The van der Waals surface area contributed by atoms with Crippen molar-refractivity contribution >= 4 is 17.5 Å².